The van der Waals surface area contributed by atoms with Gasteiger partial charge in [0.25, 0.3) is 0 Å². The van der Waals surface area contributed by atoms with Crippen LogP contribution in [0.5, 0.6) is 17.2 Å². The van der Waals surface area contributed by atoms with E-state index in [9.17, 15) is 4.79 Å². The first kappa shape index (κ1) is 18.4. The number of fused-ring (bicyclic) bond motifs is 1. The number of aryl methyl sites for hydroxylation is 1. The average Bonchev–Trinajstić information content (AvgIpc) is 3.00. The fraction of sp³-hybridized carbons (Fsp3) is 0.350. The number of hydrogen-bond acceptors (Lipinski definition) is 3. The number of nitrogens with zero attached hydrogens (tertiary/aromatic N) is 2. The molecule has 2 amide bonds. The van der Waals surface area contributed by atoms with E-state index in [1.54, 1.807) is 31.4 Å². The van der Waals surface area contributed by atoms with Crippen LogP contribution in [0.2, 0.25) is 5.02 Å². The van der Waals surface area contributed by atoms with E-state index in [4.69, 9.17) is 21.1 Å². The lowest BCUT2D eigenvalue weighted by Gasteiger charge is -2.10. The number of amides is 2. The van der Waals surface area contributed by atoms with Gasteiger partial charge in [-0.1, -0.05) is 37.8 Å². The average molecular weight is 373 g/mol. The zero-order valence-corrected chi connectivity index (χ0v) is 15.7. The van der Waals surface area contributed by atoms with Gasteiger partial charge in [-0.15, -0.1) is 0 Å². The molecule has 0 unspecified atom stereocenters. The number of rotatable bonds is 8. The van der Waals surface area contributed by atoms with Crippen molar-refractivity contribution in [3.8, 4) is 17.2 Å². The van der Waals surface area contributed by atoms with E-state index in [0.717, 1.165) is 24.8 Å². The van der Waals surface area contributed by atoms with E-state index < -0.39 is 6.03 Å². The van der Waals surface area contributed by atoms with Gasteiger partial charge in [0.1, 0.15) is 17.2 Å². The number of urea groups is 1. The highest BCUT2D eigenvalue weighted by Crippen LogP contribution is 2.32. The van der Waals surface area contributed by atoms with Crippen LogP contribution < -0.4 is 20.2 Å². The first-order chi connectivity index (χ1) is 12.6. The number of ether oxygens (including phenoxy) is 2. The maximum Gasteiger partial charge on any atom is 0.368 e. The molecule has 136 valence electrons. The fourth-order valence-electron chi connectivity index (χ4n) is 2.90. The number of unbranched alkanes of at least 4 members (excludes halogenated alkanes) is 3. The SMILES string of the molecule is CCCCCCc1cc(Oc2ccc(OC)cc2Cl)cc2c1=NC(=O)N=2. The molecule has 1 heterocycles. The number of carbonyl (C=O) groups excluding carboxylic acids is 1. The van der Waals surface area contributed by atoms with Crippen LogP contribution in [0.1, 0.15) is 38.2 Å². The summed E-state index contributed by atoms with van der Waals surface area (Å²) in [5, 5.41) is 1.68. The summed E-state index contributed by atoms with van der Waals surface area (Å²) in [5.74, 6) is 1.77. The standard InChI is InChI=1S/C20H21ClN2O3/c1-3-4-5-6-7-13-10-15(12-17-19(13)23-20(24)22-17)26-18-9-8-14(25-2)11-16(18)21/h8-12H,3-7H2,1-2H3. The number of methoxy groups -OCH3 is 1. The van der Waals surface area contributed by atoms with Gasteiger partial charge < -0.3 is 9.47 Å². The molecule has 5 nitrogen and oxygen atoms in total. The Morgan fingerprint density at radius 3 is 2.62 bits per heavy atom. The van der Waals surface area contributed by atoms with Crippen LogP contribution in [0.3, 0.4) is 0 Å². The highest BCUT2D eigenvalue weighted by Gasteiger charge is 2.13. The molecule has 3 rings (SSSR count). The molecule has 0 fully saturated rings. The summed E-state index contributed by atoms with van der Waals surface area (Å²) >= 11 is 6.26. The van der Waals surface area contributed by atoms with Crippen LogP contribution in [-0.2, 0) is 6.42 Å². The normalized spacial score (nSPS) is 12.3. The van der Waals surface area contributed by atoms with Crippen molar-refractivity contribution in [2.24, 2.45) is 9.98 Å². The lowest BCUT2D eigenvalue weighted by atomic mass is 10.0. The van der Waals surface area contributed by atoms with E-state index >= 15 is 0 Å². The third kappa shape index (κ3) is 4.22. The van der Waals surface area contributed by atoms with Gasteiger partial charge in [-0.3, -0.25) is 0 Å². The number of hydrogen-bond donors (Lipinski definition) is 0. The van der Waals surface area contributed by atoms with Crippen molar-refractivity contribution in [2.75, 3.05) is 7.11 Å². The minimum absolute atomic E-state index is 0.451. The predicted molar refractivity (Wildman–Crippen MR) is 100 cm³/mol. The van der Waals surface area contributed by atoms with Crippen molar-refractivity contribution in [1.29, 1.82) is 0 Å². The van der Waals surface area contributed by atoms with Gasteiger partial charge in [0.2, 0.25) is 0 Å². The Bertz CT molecular complexity index is 941. The Hall–Kier alpha value is -2.40. The molecule has 6 heteroatoms. The smallest absolute Gasteiger partial charge is 0.368 e. The Morgan fingerprint density at radius 1 is 1.04 bits per heavy atom. The van der Waals surface area contributed by atoms with Gasteiger partial charge in [-0.25, -0.2) is 4.79 Å². The molecule has 0 aromatic heterocycles. The zero-order chi connectivity index (χ0) is 18.5. The molecule has 0 spiro atoms. The van der Waals surface area contributed by atoms with Crippen LogP contribution in [0, 0.1) is 0 Å². The third-order valence-corrected chi connectivity index (χ3v) is 4.53. The van der Waals surface area contributed by atoms with Crippen molar-refractivity contribution in [2.45, 2.75) is 39.0 Å². The van der Waals surface area contributed by atoms with Crippen LogP contribution in [0.25, 0.3) is 0 Å². The van der Waals surface area contributed by atoms with E-state index in [-0.39, 0.29) is 0 Å². The van der Waals surface area contributed by atoms with Crippen LogP contribution >= 0.6 is 11.6 Å². The minimum Gasteiger partial charge on any atom is -0.497 e. The Kier molecular flexibility index (Phi) is 5.89. The second kappa shape index (κ2) is 8.32. The van der Waals surface area contributed by atoms with Crippen molar-refractivity contribution < 1.29 is 14.3 Å². The lowest BCUT2D eigenvalue weighted by molar-refractivity contribution is 0.256. The van der Waals surface area contributed by atoms with E-state index in [2.05, 4.69) is 16.9 Å². The van der Waals surface area contributed by atoms with Gasteiger partial charge in [-0.2, -0.15) is 9.98 Å². The number of benzene rings is 2. The summed E-state index contributed by atoms with van der Waals surface area (Å²) in [6.07, 6.45) is 5.39. The Balaban J connectivity index is 1.89. The van der Waals surface area contributed by atoms with Gasteiger partial charge in [0, 0.05) is 12.1 Å². The maximum atomic E-state index is 11.6. The topological polar surface area (TPSA) is 60.2 Å². The van der Waals surface area contributed by atoms with E-state index in [1.807, 2.05) is 6.07 Å². The molecule has 0 bridgehead atoms. The molecule has 2 aromatic rings. The number of halogens is 1. The summed E-state index contributed by atoms with van der Waals surface area (Å²) < 4.78 is 11.1. The third-order valence-electron chi connectivity index (χ3n) is 4.23. The minimum atomic E-state index is -0.463. The van der Waals surface area contributed by atoms with Gasteiger partial charge in [-0.05, 0) is 36.6 Å². The fourth-order valence-corrected chi connectivity index (χ4v) is 3.11. The molecule has 0 saturated heterocycles. The van der Waals surface area contributed by atoms with Crippen molar-refractivity contribution in [3.05, 3.63) is 51.6 Å². The predicted octanol–water partition coefficient (Wildman–Crippen LogP) is 4.64. The van der Waals surface area contributed by atoms with E-state index in [1.165, 1.54) is 12.8 Å². The Morgan fingerprint density at radius 2 is 1.88 bits per heavy atom. The van der Waals surface area contributed by atoms with Crippen molar-refractivity contribution in [1.82, 2.24) is 0 Å². The highest BCUT2D eigenvalue weighted by molar-refractivity contribution is 6.32. The summed E-state index contributed by atoms with van der Waals surface area (Å²) in [5.41, 5.74) is 0.979. The highest BCUT2D eigenvalue weighted by atomic mass is 35.5. The number of carbonyl (C=O) groups is 1. The molecule has 0 saturated carbocycles. The Labute approximate surface area is 157 Å². The van der Waals surface area contributed by atoms with E-state index in [0.29, 0.717) is 33.0 Å². The molecule has 0 atom stereocenters. The first-order valence-electron chi connectivity index (χ1n) is 8.76. The summed E-state index contributed by atoms with van der Waals surface area (Å²) in [6.45, 7) is 2.18. The molecule has 0 aliphatic carbocycles. The summed E-state index contributed by atoms with van der Waals surface area (Å²) in [6, 6.07) is 8.40. The molecule has 2 aromatic carbocycles. The quantitative estimate of drug-likeness (QED) is 0.634. The molecule has 26 heavy (non-hydrogen) atoms. The van der Waals surface area contributed by atoms with Gasteiger partial charge >= 0.3 is 6.03 Å². The molecular formula is C20H21ClN2O3. The monoisotopic (exact) mass is 372 g/mol. The van der Waals surface area contributed by atoms with Crippen molar-refractivity contribution in [3.63, 3.8) is 0 Å². The van der Waals surface area contributed by atoms with Crippen LogP contribution in [0.4, 0.5) is 4.79 Å². The lowest BCUT2D eigenvalue weighted by Crippen LogP contribution is -2.26. The zero-order valence-electron chi connectivity index (χ0n) is 14.9. The second-order valence-electron chi connectivity index (χ2n) is 6.17. The summed E-state index contributed by atoms with van der Waals surface area (Å²) in [7, 11) is 1.58. The summed E-state index contributed by atoms with van der Waals surface area (Å²) in [4.78, 5) is 19.6. The van der Waals surface area contributed by atoms with Crippen LogP contribution in [-0.4, -0.2) is 13.1 Å². The van der Waals surface area contributed by atoms with Gasteiger partial charge in [0.15, 0.2) is 0 Å². The second-order valence-corrected chi connectivity index (χ2v) is 6.57. The maximum absolute atomic E-state index is 11.6. The molecule has 1 aliphatic heterocycles. The van der Waals surface area contributed by atoms with Crippen LogP contribution in [0.15, 0.2) is 40.3 Å². The van der Waals surface area contributed by atoms with Gasteiger partial charge in [0.05, 0.1) is 22.8 Å². The molecular weight excluding hydrogens is 352 g/mol. The molecule has 1 aliphatic rings. The largest absolute Gasteiger partial charge is 0.497 e. The van der Waals surface area contributed by atoms with Crippen molar-refractivity contribution >= 4 is 17.6 Å². The first-order valence-corrected chi connectivity index (χ1v) is 9.14. The molecule has 0 N–H and O–H groups in total. The molecule has 0 radical (unpaired) electrons.